The number of aromatic nitrogens is 2. The molecule has 2 fully saturated rings. The van der Waals surface area contributed by atoms with Crippen LogP contribution in [0.25, 0.3) is 11.6 Å². The van der Waals surface area contributed by atoms with E-state index in [4.69, 9.17) is 9.15 Å². The molecule has 1 amide bonds. The zero-order valence-electron chi connectivity index (χ0n) is 16.1. The zero-order valence-corrected chi connectivity index (χ0v) is 16.1. The number of fused-ring (bicyclic) bond motifs is 1. The quantitative estimate of drug-likeness (QED) is 0.825. The van der Waals surface area contributed by atoms with Crippen molar-refractivity contribution in [3.63, 3.8) is 0 Å². The molecule has 150 valence electrons. The maximum absolute atomic E-state index is 12.2. The zero-order chi connectivity index (χ0) is 19.6. The Bertz CT molecular complexity index is 795. The fraction of sp³-hybridized carbons (Fsp3) is 0.550. The molecule has 0 aliphatic carbocycles. The van der Waals surface area contributed by atoms with E-state index in [0.717, 1.165) is 31.6 Å². The summed E-state index contributed by atoms with van der Waals surface area (Å²) in [4.78, 5) is 25.1. The van der Waals surface area contributed by atoms with Gasteiger partial charge in [0.05, 0.1) is 11.9 Å². The van der Waals surface area contributed by atoms with Gasteiger partial charge in [-0.25, -0.2) is 9.97 Å². The second kappa shape index (κ2) is 7.98. The van der Waals surface area contributed by atoms with Gasteiger partial charge in [-0.15, -0.1) is 0 Å². The van der Waals surface area contributed by atoms with Crippen LogP contribution in [0.1, 0.15) is 18.4 Å². The van der Waals surface area contributed by atoms with Crippen LogP contribution in [0.4, 0.5) is 0 Å². The van der Waals surface area contributed by atoms with Gasteiger partial charge in [0.2, 0.25) is 5.91 Å². The van der Waals surface area contributed by atoms with Crippen LogP contribution >= 0.6 is 0 Å². The minimum absolute atomic E-state index is 0.0106. The Hall–Kier alpha value is -2.29. The van der Waals surface area contributed by atoms with Crippen molar-refractivity contribution in [2.75, 3.05) is 39.9 Å². The number of likely N-dealkylation sites (tertiary alicyclic amines) is 2. The van der Waals surface area contributed by atoms with Crippen molar-refractivity contribution in [2.24, 2.45) is 5.92 Å². The lowest BCUT2D eigenvalue weighted by molar-refractivity contribution is -0.150. The molecule has 0 spiro atoms. The van der Waals surface area contributed by atoms with Crippen LogP contribution in [-0.2, 0) is 16.1 Å². The predicted octanol–water partition coefficient (Wildman–Crippen LogP) is 1.17. The van der Waals surface area contributed by atoms with Crippen LogP contribution < -0.4 is 0 Å². The van der Waals surface area contributed by atoms with Crippen LogP contribution in [0.3, 0.4) is 0 Å². The SMILES string of the molecule is COCC(=O)N1CC[C@]2(O)CCN(Cc3cnc(-c4ccco4)nc3)C[C@@H]2C1. The third-order valence-corrected chi connectivity index (χ3v) is 5.83. The monoisotopic (exact) mass is 386 g/mol. The maximum Gasteiger partial charge on any atom is 0.248 e. The molecule has 0 aromatic carbocycles. The summed E-state index contributed by atoms with van der Waals surface area (Å²) in [5.41, 5.74) is 0.337. The van der Waals surface area contributed by atoms with Crippen molar-refractivity contribution >= 4 is 5.91 Å². The van der Waals surface area contributed by atoms with Gasteiger partial charge in [0.25, 0.3) is 0 Å². The lowest BCUT2D eigenvalue weighted by Gasteiger charge is -2.50. The second-order valence-corrected chi connectivity index (χ2v) is 7.70. The number of carbonyl (C=O) groups is 1. The van der Waals surface area contributed by atoms with Gasteiger partial charge in [0.15, 0.2) is 11.6 Å². The van der Waals surface area contributed by atoms with Crippen molar-refractivity contribution in [3.05, 3.63) is 36.4 Å². The Balaban J connectivity index is 1.38. The first-order valence-electron chi connectivity index (χ1n) is 9.63. The molecule has 28 heavy (non-hydrogen) atoms. The number of ether oxygens (including phenoxy) is 1. The van der Waals surface area contributed by atoms with Crippen molar-refractivity contribution < 1.29 is 19.1 Å². The average Bonchev–Trinajstić information content (AvgIpc) is 3.23. The van der Waals surface area contributed by atoms with Crippen molar-refractivity contribution in [3.8, 4) is 11.6 Å². The van der Waals surface area contributed by atoms with Crippen molar-refractivity contribution in [2.45, 2.75) is 25.0 Å². The van der Waals surface area contributed by atoms with E-state index >= 15 is 0 Å². The summed E-state index contributed by atoms with van der Waals surface area (Å²) in [5, 5.41) is 11.0. The largest absolute Gasteiger partial charge is 0.461 e. The molecule has 4 heterocycles. The summed E-state index contributed by atoms with van der Waals surface area (Å²) < 4.78 is 10.3. The molecule has 4 rings (SSSR count). The molecular weight excluding hydrogens is 360 g/mol. The van der Waals surface area contributed by atoms with Gasteiger partial charge >= 0.3 is 0 Å². The summed E-state index contributed by atoms with van der Waals surface area (Å²) in [5.74, 6) is 1.25. The lowest BCUT2D eigenvalue weighted by atomic mass is 9.75. The minimum Gasteiger partial charge on any atom is -0.461 e. The van der Waals surface area contributed by atoms with E-state index in [1.54, 1.807) is 6.26 Å². The highest BCUT2D eigenvalue weighted by Crippen LogP contribution is 2.36. The van der Waals surface area contributed by atoms with Gasteiger partial charge in [-0.2, -0.15) is 0 Å². The first kappa shape index (κ1) is 19.0. The van der Waals surface area contributed by atoms with Crippen LogP contribution in [0.15, 0.2) is 35.2 Å². The van der Waals surface area contributed by atoms with Crippen LogP contribution in [0.2, 0.25) is 0 Å². The highest BCUT2D eigenvalue weighted by atomic mass is 16.5. The molecule has 0 unspecified atom stereocenters. The lowest BCUT2D eigenvalue weighted by Crippen LogP contribution is -2.60. The number of rotatable bonds is 5. The number of carbonyl (C=O) groups excluding carboxylic acids is 1. The predicted molar refractivity (Wildman–Crippen MR) is 101 cm³/mol. The minimum atomic E-state index is -0.681. The summed E-state index contributed by atoms with van der Waals surface area (Å²) in [7, 11) is 1.53. The van der Waals surface area contributed by atoms with E-state index in [9.17, 15) is 9.90 Å². The fourth-order valence-corrected chi connectivity index (χ4v) is 4.18. The third-order valence-electron chi connectivity index (χ3n) is 5.83. The van der Waals surface area contributed by atoms with Crippen LogP contribution in [-0.4, -0.2) is 76.3 Å². The molecule has 2 aromatic rings. The molecular formula is C20H26N4O4. The first-order chi connectivity index (χ1) is 13.6. The number of nitrogens with zero attached hydrogens (tertiary/aromatic N) is 4. The van der Waals surface area contributed by atoms with E-state index in [1.807, 2.05) is 29.4 Å². The fourth-order valence-electron chi connectivity index (χ4n) is 4.18. The highest BCUT2D eigenvalue weighted by Gasteiger charge is 2.45. The van der Waals surface area contributed by atoms with E-state index < -0.39 is 5.60 Å². The summed E-state index contributed by atoms with van der Waals surface area (Å²) >= 11 is 0. The number of hydrogen-bond donors (Lipinski definition) is 1. The third kappa shape index (κ3) is 3.94. The molecule has 8 nitrogen and oxygen atoms in total. The number of methoxy groups -OCH3 is 1. The number of amides is 1. The smallest absolute Gasteiger partial charge is 0.248 e. The maximum atomic E-state index is 12.2. The van der Waals surface area contributed by atoms with Crippen molar-refractivity contribution in [1.29, 1.82) is 0 Å². The van der Waals surface area contributed by atoms with Crippen LogP contribution in [0.5, 0.6) is 0 Å². The van der Waals surface area contributed by atoms with E-state index in [-0.39, 0.29) is 18.4 Å². The van der Waals surface area contributed by atoms with E-state index in [0.29, 0.717) is 31.1 Å². The van der Waals surface area contributed by atoms with Gasteiger partial charge in [-0.05, 0) is 25.0 Å². The summed E-state index contributed by atoms with van der Waals surface area (Å²) in [6.07, 6.45) is 6.59. The summed E-state index contributed by atoms with van der Waals surface area (Å²) in [6, 6.07) is 3.65. The highest BCUT2D eigenvalue weighted by molar-refractivity contribution is 5.77. The molecule has 2 atom stereocenters. The Kier molecular flexibility index (Phi) is 5.43. The van der Waals surface area contributed by atoms with Crippen molar-refractivity contribution in [1.82, 2.24) is 19.8 Å². The molecule has 8 heteroatoms. The number of hydrogen-bond acceptors (Lipinski definition) is 7. The molecule has 2 saturated heterocycles. The van der Waals surface area contributed by atoms with Crippen LogP contribution in [0, 0.1) is 5.92 Å². The number of aliphatic hydroxyl groups is 1. The van der Waals surface area contributed by atoms with E-state index in [1.165, 1.54) is 7.11 Å². The van der Waals surface area contributed by atoms with Gasteiger partial charge in [-0.1, -0.05) is 0 Å². The molecule has 0 saturated carbocycles. The molecule has 2 aromatic heterocycles. The molecule has 0 bridgehead atoms. The van der Waals surface area contributed by atoms with Gasteiger partial charge in [-0.3, -0.25) is 9.69 Å². The van der Waals surface area contributed by atoms with Gasteiger partial charge in [0, 0.05) is 63.7 Å². The summed E-state index contributed by atoms with van der Waals surface area (Å²) in [6.45, 7) is 3.54. The topological polar surface area (TPSA) is 91.9 Å². The molecule has 0 radical (unpaired) electrons. The average molecular weight is 386 g/mol. The Morgan fingerprint density at radius 3 is 2.82 bits per heavy atom. The normalized spacial score (nSPS) is 25.5. The Morgan fingerprint density at radius 1 is 1.32 bits per heavy atom. The van der Waals surface area contributed by atoms with Gasteiger partial charge in [0.1, 0.15) is 6.61 Å². The Labute approximate surface area is 164 Å². The number of piperidine rings is 2. The molecule has 2 aliphatic rings. The van der Waals surface area contributed by atoms with Gasteiger partial charge < -0.3 is 19.2 Å². The first-order valence-corrected chi connectivity index (χ1v) is 9.63. The number of furan rings is 1. The Morgan fingerprint density at radius 2 is 2.11 bits per heavy atom. The molecule has 1 N–H and O–H groups in total. The standard InChI is InChI=1S/C20H26N4O4/c1-27-14-18(25)24-7-5-20(26)4-6-23(12-16(20)13-24)11-15-9-21-19(22-10-15)17-3-2-8-28-17/h2-3,8-10,16,26H,4-7,11-14H2,1H3/t16-,20-/m1/s1. The van der Waals surface area contributed by atoms with E-state index in [2.05, 4.69) is 14.9 Å². The second-order valence-electron chi connectivity index (χ2n) is 7.70. The molecule has 2 aliphatic heterocycles.